The molecule has 1 aliphatic heterocycles. The van der Waals surface area contributed by atoms with Gasteiger partial charge in [0.05, 0.1) is 28.4 Å². The molecule has 146 valence electrons. The van der Waals surface area contributed by atoms with Crippen molar-refractivity contribution >= 4 is 33.1 Å². The molecular formula is C22H25N3O2S. The fraction of sp³-hybridized carbons (Fsp3) is 0.364. The van der Waals surface area contributed by atoms with Crippen molar-refractivity contribution in [1.82, 2.24) is 10.3 Å². The first-order valence-electron chi connectivity index (χ1n) is 9.81. The Bertz CT molecular complexity index is 884. The molecule has 1 fully saturated rings. The summed E-state index contributed by atoms with van der Waals surface area (Å²) in [5, 5.41) is 4.13. The zero-order chi connectivity index (χ0) is 19.2. The quantitative estimate of drug-likeness (QED) is 0.662. The summed E-state index contributed by atoms with van der Waals surface area (Å²) in [6.45, 7) is 4.02. The van der Waals surface area contributed by atoms with E-state index in [2.05, 4.69) is 45.5 Å². The van der Waals surface area contributed by atoms with E-state index in [1.807, 2.05) is 18.2 Å². The topological polar surface area (TPSA) is 54.5 Å². The Kier molecular flexibility index (Phi) is 6.19. The Morgan fingerprint density at radius 3 is 2.68 bits per heavy atom. The molecule has 2 aromatic carbocycles. The van der Waals surface area contributed by atoms with Gasteiger partial charge in [0.2, 0.25) is 5.91 Å². The summed E-state index contributed by atoms with van der Waals surface area (Å²) in [4.78, 5) is 19.1. The number of carbonyl (C=O) groups excluding carboxylic acids is 1. The first kappa shape index (κ1) is 18.9. The van der Waals surface area contributed by atoms with Crippen LogP contribution in [-0.2, 0) is 22.5 Å². The van der Waals surface area contributed by atoms with E-state index in [0.29, 0.717) is 13.0 Å². The van der Waals surface area contributed by atoms with E-state index in [-0.39, 0.29) is 5.91 Å². The van der Waals surface area contributed by atoms with E-state index in [9.17, 15) is 4.79 Å². The SMILES string of the molecule is O=C(CCCc1nc2ccccc2s1)NCc1ccc(N2CCOCC2)cc1. The van der Waals surface area contributed by atoms with Crippen LogP contribution in [0, 0.1) is 0 Å². The number of ether oxygens (including phenoxy) is 1. The van der Waals surface area contributed by atoms with Gasteiger partial charge in [-0.2, -0.15) is 0 Å². The zero-order valence-corrected chi connectivity index (χ0v) is 16.7. The molecular weight excluding hydrogens is 370 g/mol. The van der Waals surface area contributed by atoms with Gasteiger partial charge in [0.1, 0.15) is 0 Å². The number of aromatic nitrogens is 1. The minimum absolute atomic E-state index is 0.0957. The van der Waals surface area contributed by atoms with Gasteiger partial charge < -0.3 is 15.0 Å². The average molecular weight is 396 g/mol. The summed E-state index contributed by atoms with van der Waals surface area (Å²) in [6, 6.07) is 16.6. The fourth-order valence-corrected chi connectivity index (χ4v) is 4.37. The third-order valence-corrected chi connectivity index (χ3v) is 6.03. The highest BCUT2D eigenvalue weighted by Gasteiger charge is 2.11. The molecule has 0 saturated carbocycles. The van der Waals surface area contributed by atoms with Crippen molar-refractivity contribution in [1.29, 1.82) is 0 Å². The Hall–Kier alpha value is -2.44. The van der Waals surface area contributed by atoms with E-state index >= 15 is 0 Å². The van der Waals surface area contributed by atoms with Crippen LogP contribution in [0.3, 0.4) is 0 Å². The molecule has 1 N–H and O–H groups in total. The number of hydrogen-bond acceptors (Lipinski definition) is 5. The van der Waals surface area contributed by atoms with Crippen molar-refractivity contribution in [2.75, 3.05) is 31.2 Å². The molecule has 5 nitrogen and oxygen atoms in total. The molecule has 28 heavy (non-hydrogen) atoms. The van der Waals surface area contributed by atoms with E-state index in [1.165, 1.54) is 10.4 Å². The molecule has 0 aliphatic carbocycles. The van der Waals surface area contributed by atoms with Gasteiger partial charge >= 0.3 is 0 Å². The van der Waals surface area contributed by atoms with E-state index in [4.69, 9.17) is 4.74 Å². The lowest BCUT2D eigenvalue weighted by Gasteiger charge is -2.28. The minimum atomic E-state index is 0.0957. The first-order valence-corrected chi connectivity index (χ1v) is 10.6. The maximum absolute atomic E-state index is 12.1. The van der Waals surface area contributed by atoms with Gasteiger partial charge in [-0.15, -0.1) is 11.3 Å². The monoisotopic (exact) mass is 395 g/mol. The average Bonchev–Trinajstić information content (AvgIpc) is 3.16. The van der Waals surface area contributed by atoms with Crippen LogP contribution in [-0.4, -0.2) is 37.2 Å². The molecule has 1 amide bonds. The number of fused-ring (bicyclic) bond motifs is 1. The van der Waals surface area contributed by atoms with E-state index in [1.54, 1.807) is 11.3 Å². The number of morpholine rings is 1. The Balaban J connectivity index is 1.19. The molecule has 0 atom stereocenters. The summed E-state index contributed by atoms with van der Waals surface area (Å²) in [6.07, 6.45) is 2.20. The summed E-state index contributed by atoms with van der Waals surface area (Å²) in [5.41, 5.74) is 3.39. The molecule has 1 saturated heterocycles. The maximum atomic E-state index is 12.1. The first-order chi connectivity index (χ1) is 13.8. The highest BCUT2D eigenvalue weighted by atomic mass is 32.1. The minimum Gasteiger partial charge on any atom is -0.378 e. The Morgan fingerprint density at radius 1 is 1.11 bits per heavy atom. The number of aryl methyl sites for hydroxylation is 1. The van der Waals surface area contributed by atoms with Crippen molar-refractivity contribution < 1.29 is 9.53 Å². The molecule has 4 rings (SSSR count). The van der Waals surface area contributed by atoms with Gasteiger partial charge in [-0.05, 0) is 42.7 Å². The number of nitrogens with one attached hydrogen (secondary N) is 1. The van der Waals surface area contributed by atoms with Crippen molar-refractivity contribution in [2.45, 2.75) is 25.8 Å². The van der Waals surface area contributed by atoms with Crippen LogP contribution < -0.4 is 10.2 Å². The molecule has 3 aromatic rings. The van der Waals surface area contributed by atoms with E-state index < -0.39 is 0 Å². The molecule has 6 heteroatoms. The maximum Gasteiger partial charge on any atom is 0.220 e. The number of benzene rings is 2. The highest BCUT2D eigenvalue weighted by molar-refractivity contribution is 7.18. The molecule has 2 heterocycles. The van der Waals surface area contributed by atoms with Crippen LogP contribution >= 0.6 is 11.3 Å². The second-order valence-corrected chi connectivity index (χ2v) is 8.09. The number of para-hydroxylation sites is 1. The van der Waals surface area contributed by atoms with Gasteiger partial charge in [0.15, 0.2) is 0 Å². The second kappa shape index (κ2) is 9.17. The smallest absolute Gasteiger partial charge is 0.220 e. The molecule has 0 spiro atoms. The second-order valence-electron chi connectivity index (χ2n) is 6.97. The van der Waals surface area contributed by atoms with Crippen LogP contribution in [0.25, 0.3) is 10.2 Å². The highest BCUT2D eigenvalue weighted by Crippen LogP contribution is 2.22. The normalized spacial score (nSPS) is 14.4. The molecule has 1 aliphatic rings. The van der Waals surface area contributed by atoms with Gasteiger partial charge in [0, 0.05) is 31.7 Å². The van der Waals surface area contributed by atoms with Gasteiger partial charge in [-0.3, -0.25) is 4.79 Å². The summed E-state index contributed by atoms with van der Waals surface area (Å²) < 4.78 is 6.60. The number of carbonyl (C=O) groups is 1. The standard InChI is InChI=1S/C22H25N3O2S/c26-21(6-3-7-22-24-19-4-1-2-5-20(19)28-22)23-16-17-8-10-18(11-9-17)25-12-14-27-15-13-25/h1-2,4-5,8-11H,3,6-7,12-16H2,(H,23,26). The lowest BCUT2D eigenvalue weighted by Crippen LogP contribution is -2.36. The Labute approximate surface area is 169 Å². The van der Waals surface area contributed by atoms with E-state index in [0.717, 1.165) is 55.2 Å². The number of hydrogen-bond donors (Lipinski definition) is 1. The van der Waals surface area contributed by atoms with Crippen molar-refractivity contribution in [3.63, 3.8) is 0 Å². The molecule has 0 bridgehead atoms. The zero-order valence-electron chi connectivity index (χ0n) is 15.9. The molecule has 0 unspecified atom stereocenters. The Morgan fingerprint density at radius 2 is 1.89 bits per heavy atom. The number of nitrogens with zero attached hydrogens (tertiary/aromatic N) is 2. The fourth-order valence-electron chi connectivity index (χ4n) is 3.36. The third kappa shape index (κ3) is 4.88. The summed E-state index contributed by atoms with van der Waals surface area (Å²) in [7, 11) is 0. The van der Waals surface area contributed by atoms with Gasteiger partial charge in [0.25, 0.3) is 0 Å². The van der Waals surface area contributed by atoms with Gasteiger partial charge in [-0.1, -0.05) is 24.3 Å². The van der Waals surface area contributed by atoms with Crippen LogP contribution in [0.15, 0.2) is 48.5 Å². The van der Waals surface area contributed by atoms with Crippen LogP contribution in [0.4, 0.5) is 5.69 Å². The van der Waals surface area contributed by atoms with Crippen LogP contribution in [0.5, 0.6) is 0 Å². The van der Waals surface area contributed by atoms with Gasteiger partial charge in [-0.25, -0.2) is 4.98 Å². The van der Waals surface area contributed by atoms with Crippen LogP contribution in [0.2, 0.25) is 0 Å². The van der Waals surface area contributed by atoms with Crippen molar-refractivity contribution in [3.8, 4) is 0 Å². The largest absolute Gasteiger partial charge is 0.378 e. The molecule has 0 radical (unpaired) electrons. The number of amides is 1. The third-order valence-electron chi connectivity index (χ3n) is 4.93. The lowest BCUT2D eigenvalue weighted by atomic mass is 10.1. The predicted octanol–water partition coefficient (Wildman–Crippen LogP) is 3.77. The predicted molar refractivity (Wildman–Crippen MR) is 114 cm³/mol. The number of thiazole rings is 1. The van der Waals surface area contributed by atoms with Crippen molar-refractivity contribution in [3.05, 3.63) is 59.1 Å². The molecule has 1 aromatic heterocycles. The van der Waals surface area contributed by atoms with Crippen LogP contribution in [0.1, 0.15) is 23.4 Å². The number of rotatable bonds is 7. The summed E-state index contributed by atoms with van der Waals surface area (Å²) >= 11 is 1.72. The van der Waals surface area contributed by atoms with Crippen molar-refractivity contribution in [2.24, 2.45) is 0 Å². The lowest BCUT2D eigenvalue weighted by molar-refractivity contribution is -0.121. The summed E-state index contributed by atoms with van der Waals surface area (Å²) in [5.74, 6) is 0.0957. The number of anilines is 1.